The molecular weight excluding hydrogens is 426 g/mol. The Morgan fingerprint density at radius 3 is 2.56 bits per heavy atom. The summed E-state index contributed by atoms with van der Waals surface area (Å²) in [7, 11) is 1.76. The van der Waals surface area contributed by atoms with Crippen LogP contribution in [-0.4, -0.2) is 27.9 Å². The Balaban J connectivity index is 1.58. The van der Waals surface area contributed by atoms with E-state index >= 15 is 0 Å². The van der Waals surface area contributed by atoms with E-state index in [2.05, 4.69) is 32.5 Å². The zero-order valence-electron chi connectivity index (χ0n) is 19.5. The summed E-state index contributed by atoms with van der Waals surface area (Å²) in [6, 6.07) is 18.9. The number of aryl methyl sites for hydroxylation is 1. The maximum Gasteiger partial charge on any atom is 0.256 e. The number of nitrogens with one attached hydrogen (secondary N) is 2. The molecule has 0 fully saturated rings. The van der Waals surface area contributed by atoms with Gasteiger partial charge in [0.05, 0.1) is 11.3 Å². The minimum Gasteiger partial charge on any atom is -0.438 e. The normalized spacial score (nSPS) is 10.6. The quantitative estimate of drug-likeness (QED) is 0.346. The van der Waals surface area contributed by atoms with Crippen molar-refractivity contribution >= 4 is 17.5 Å². The van der Waals surface area contributed by atoms with Crippen LogP contribution in [-0.2, 0) is 6.42 Å². The number of aromatic nitrogens is 3. The second-order valence-electron chi connectivity index (χ2n) is 7.80. The van der Waals surface area contributed by atoms with Gasteiger partial charge in [-0.25, -0.2) is 15.0 Å². The predicted octanol–water partition coefficient (Wildman–Crippen LogP) is 5.89. The van der Waals surface area contributed by atoms with Gasteiger partial charge in [0.25, 0.3) is 5.91 Å². The molecule has 0 unspecified atom stereocenters. The molecule has 34 heavy (non-hydrogen) atoms. The van der Waals surface area contributed by atoms with Gasteiger partial charge in [0.15, 0.2) is 0 Å². The molecule has 2 N–H and O–H groups in total. The highest BCUT2D eigenvalue weighted by Crippen LogP contribution is 2.33. The Kier molecular flexibility index (Phi) is 7.13. The summed E-state index contributed by atoms with van der Waals surface area (Å²) < 4.78 is 6.18. The van der Waals surface area contributed by atoms with E-state index in [0.29, 0.717) is 28.8 Å². The summed E-state index contributed by atoms with van der Waals surface area (Å²) in [5.41, 5.74) is 4.67. The summed E-state index contributed by atoms with van der Waals surface area (Å²) in [4.78, 5) is 26.1. The molecule has 2 aromatic heterocycles. The molecule has 2 heterocycles. The number of hydrogen-bond donors (Lipinski definition) is 2. The fourth-order valence-electron chi connectivity index (χ4n) is 3.61. The average Bonchev–Trinajstić information content (AvgIpc) is 2.87. The third-order valence-electron chi connectivity index (χ3n) is 5.41. The summed E-state index contributed by atoms with van der Waals surface area (Å²) in [5, 5.41) is 5.91. The minimum atomic E-state index is -0.193. The second kappa shape index (κ2) is 10.6. The first-order valence-electron chi connectivity index (χ1n) is 11.2. The van der Waals surface area contributed by atoms with Crippen molar-refractivity contribution in [3.8, 4) is 22.9 Å². The molecule has 7 nitrogen and oxygen atoms in total. The Morgan fingerprint density at radius 2 is 1.79 bits per heavy atom. The van der Waals surface area contributed by atoms with E-state index in [4.69, 9.17) is 4.74 Å². The molecule has 4 aromatic rings. The average molecular weight is 454 g/mol. The van der Waals surface area contributed by atoms with Crippen molar-refractivity contribution in [3.63, 3.8) is 0 Å². The Labute approximate surface area is 199 Å². The lowest BCUT2D eigenvalue weighted by Crippen LogP contribution is -2.13. The lowest BCUT2D eigenvalue weighted by Gasteiger charge is -2.14. The third-order valence-corrected chi connectivity index (χ3v) is 5.41. The first-order chi connectivity index (χ1) is 16.6. The first kappa shape index (κ1) is 22.9. The Morgan fingerprint density at radius 1 is 0.971 bits per heavy atom. The molecule has 0 bridgehead atoms. The van der Waals surface area contributed by atoms with Crippen molar-refractivity contribution in [1.29, 1.82) is 0 Å². The molecule has 0 spiro atoms. The van der Waals surface area contributed by atoms with Crippen LogP contribution in [0.1, 0.15) is 34.8 Å². The molecule has 0 aliphatic heterocycles. The number of carbonyl (C=O) groups excluding carboxylic acids is 1. The lowest BCUT2D eigenvalue weighted by molar-refractivity contribution is 0.102. The Hall–Kier alpha value is -4.26. The van der Waals surface area contributed by atoms with Crippen LogP contribution >= 0.6 is 0 Å². The van der Waals surface area contributed by atoms with E-state index in [1.165, 1.54) is 5.56 Å². The number of nitrogens with zero attached hydrogens (tertiary/aromatic N) is 3. The molecule has 0 atom stereocenters. The standard InChI is InChI=1S/C27H27N5O2/c1-4-7-19-11-13-20(14-12-19)31-25(33)21-8-5-10-24(18(21)2)34-26-22(9-6-16-29-26)23-15-17-30-27(28-3)32-23/h5-6,8-17H,4,7H2,1-3H3,(H,31,33)(H,28,30,32). The van der Waals surface area contributed by atoms with Crippen molar-refractivity contribution < 1.29 is 9.53 Å². The molecule has 0 aliphatic carbocycles. The van der Waals surface area contributed by atoms with Crippen LogP contribution in [0.4, 0.5) is 11.6 Å². The fourth-order valence-corrected chi connectivity index (χ4v) is 3.61. The Bertz CT molecular complexity index is 1290. The smallest absolute Gasteiger partial charge is 0.256 e. The van der Waals surface area contributed by atoms with Crippen LogP contribution in [0.2, 0.25) is 0 Å². The lowest BCUT2D eigenvalue weighted by atomic mass is 10.1. The van der Waals surface area contributed by atoms with Gasteiger partial charge >= 0.3 is 0 Å². The van der Waals surface area contributed by atoms with Crippen LogP contribution in [0.5, 0.6) is 11.6 Å². The van der Waals surface area contributed by atoms with Gasteiger partial charge in [0.2, 0.25) is 11.8 Å². The minimum absolute atomic E-state index is 0.193. The number of benzene rings is 2. The van der Waals surface area contributed by atoms with Gasteiger partial charge in [-0.15, -0.1) is 0 Å². The SMILES string of the molecule is CCCc1ccc(NC(=O)c2cccc(Oc3ncccc3-c3ccnc(NC)n3)c2C)cc1. The van der Waals surface area contributed by atoms with Gasteiger partial charge in [-0.1, -0.05) is 31.5 Å². The molecule has 0 saturated heterocycles. The molecule has 2 aromatic carbocycles. The van der Waals surface area contributed by atoms with E-state index in [1.807, 2.05) is 49.4 Å². The van der Waals surface area contributed by atoms with Gasteiger partial charge in [-0.05, 0) is 61.4 Å². The number of rotatable bonds is 8. The van der Waals surface area contributed by atoms with Crippen LogP contribution in [0, 0.1) is 6.92 Å². The maximum atomic E-state index is 13.0. The number of ether oxygens (including phenoxy) is 1. The van der Waals surface area contributed by atoms with Crippen LogP contribution in [0.25, 0.3) is 11.3 Å². The van der Waals surface area contributed by atoms with Crippen molar-refractivity contribution in [3.05, 3.63) is 89.7 Å². The summed E-state index contributed by atoms with van der Waals surface area (Å²) in [5.74, 6) is 1.26. The molecule has 0 saturated carbocycles. The molecular formula is C27H27N5O2. The summed E-state index contributed by atoms with van der Waals surface area (Å²) in [6.45, 7) is 4.01. The molecule has 7 heteroatoms. The number of amides is 1. The molecule has 4 rings (SSSR count). The van der Waals surface area contributed by atoms with Crippen molar-refractivity contribution in [1.82, 2.24) is 15.0 Å². The van der Waals surface area contributed by atoms with Crippen LogP contribution in [0.15, 0.2) is 73.1 Å². The highest BCUT2D eigenvalue weighted by molar-refractivity contribution is 6.05. The molecule has 172 valence electrons. The summed E-state index contributed by atoms with van der Waals surface area (Å²) >= 11 is 0. The van der Waals surface area contributed by atoms with E-state index in [9.17, 15) is 4.79 Å². The molecule has 0 radical (unpaired) electrons. The van der Waals surface area contributed by atoms with Gasteiger partial charge in [-0.3, -0.25) is 4.79 Å². The van der Waals surface area contributed by atoms with Crippen molar-refractivity contribution in [2.45, 2.75) is 26.7 Å². The zero-order chi connectivity index (χ0) is 23.9. The maximum absolute atomic E-state index is 13.0. The topological polar surface area (TPSA) is 89.0 Å². The van der Waals surface area contributed by atoms with Gasteiger partial charge in [-0.2, -0.15) is 0 Å². The second-order valence-corrected chi connectivity index (χ2v) is 7.80. The number of carbonyl (C=O) groups is 1. The van der Waals surface area contributed by atoms with Crippen LogP contribution < -0.4 is 15.4 Å². The zero-order valence-corrected chi connectivity index (χ0v) is 19.5. The van der Waals surface area contributed by atoms with Crippen LogP contribution in [0.3, 0.4) is 0 Å². The van der Waals surface area contributed by atoms with Crippen molar-refractivity contribution in [2.24, 2.45) is 0 Å². The summed E-state index contributed by atoms with van der Waals surface area (Å²) in [6.07, 6.45) is 5.44. The van der Waals surface area contributed by atoms with E-state index < -0.39 is 0 Å². The number of anilines is 2. The highest BCUT2D eigenvalue weighted by Gasteiger charge is 2.16. The molecule has 0 aliphatic rings. The van der Waals surface area contributed by atoms with Gasteiger partial charge in [0, 0.05) is 36.3 Å². The van der Waals surface area contributed by atoms with Gasteiger partial charge in [0.1, 0.15) is 5.75 Å². The van der Waals surface area contributed by atoms with E-state index in [1.54, 1.807) is 37.6 Å². The number of hydrogen-bond acceptors (Lipinski definition) is 6. The monoisotopic (exact) mass is 453 g/mol. The van der Waals surface area contributed by atoms with Crippen molar-refractivity contribution in [2.75, 3.05) is 17.7 Å². The largest absolute Gasteiger partial charge is 0.438 e. The predicted molar refractivity (Wildman–Crippen MR) is 134 cm³/mol. The third kappa shape index (κ3) is 5.20. The van der Waals surface area contributed by atoms with Gasteiger partial charge < -0.3 is 15.4 Å². The van der Waals surface area contributed by atoms with E-state index in [0.717, 1.165) is 29.7 Å². The highest BCUT2D eigenvalue weighted by atomic mass is 16.5. The number of pyridine rings is 1. The van der Waals surface area contributed by atoms with E-state index in [-0.39, 0.29) is 5.91 Å². The fraction of sp³-hybridized carbons (Fsp3) is 0.185. The molecule has 1 amide bonds. The first-order valence-corrected chi connectivity index (χ1v) is 11.2.